The Bertz CT molecular complexity index is 356. The van der Waals surface area contributed by atoms with E-state index in [0.29, 0.717) is 6.42 Å². The SMILES string of the molecule is COC(=O)C[C@H]1CSCCN1Cc1ncc[nH]1. The number of hydrogen-bond acceptors (Lipinski definition) is 5. The number of aromatic nitrogens is 2. The lowest BCUT2D eigenvalue weighted by atomic mass is 10.2. The van der Waals surface area contributed by atoms with Gasteiger partial charge in [0.05, 0.1) is 20.1 Å². The van der Waals surface area contributed by atoms with Crippen molar-refractivity contribution in [2.45, 2.75) is 19.0 Å². The van der Waals surface area contributed by atoms with Crippen LogP contribution in [0.15, 0.2) is 12.4 Å². The van der Waals surface area contributed by atoms with Gasteiger partial charge in [-0.15, -0.1) is 0 Å². The van der Waals surface area contributed by atoms with E-state index in [4.69, 9.17) is 4.74 Å². The van der Waals surface area contributed by atoms with E-state index in [2.05, 4.69) is 14.9 Å². The van der Waals surface area contributed by atoms with Gasteiger partial charge in [0.25, 0.3) is 0 Å². The van der Waals surface area contributed by atoms with Crippen molar-refractivity contribution in [3.8, 4) is 0 Å². The van der Waals surface area contributed by atoms with Crippen LogP contribution in [0.5, 0.6) is 0 Å². The van der Waals surface area contributed by atoms with Crippen LogP contribution in [0.4, 0.5) is 0 Å². The number of esters is 1. The summed E-state index contributed by atoms with van der Waals surface area (Å²) >= 11 is 1.89. The van der Waals surface area contributed by atoms with Gasteiger partial charge in [0.15, 0.2) is 0 Å². The third kappa shape index (κ3) is 3.47. The van der Waals surface area contributed by atoms with Crippen molar-refractivity contribution in [3.63, 3.8) is 0 Å². The highest BCUT2D eigenvalue weighted by molar-refractivity contribution is 7.99. The zero-order chi connectivity index (χ0) is 12.1. The molecule has 5 nitrogen and oxygen atoms in total. The Hall–Kier alpha value is -1.01. The second-order valence-electron chi connectivity index (χ2n) is 4.02. The zero-order valence-electron chi connectivity index (χ0n) is 9.89. The molecule has 0 spiro atoms. The first-order chi connectivity index (χ1) is 8.29. The maximum atomic E-state index is 11.3. The molecule has 0 aromatic carbocycles. The van der Waals surface area contributed by atoms with Gasteiger partial charge < -0.3 is 9.72 Å². The maximum absolute atomic E-state index is 11.3. The molecule has 1 aromatic rings. The van der Waals surface area contributed by atoms with Gasteiger partial charge in [0, 0.05) is 36.5 Å². The van der Waals surface area contributed by atoms with Crippen molar-refractivity contribution in [2.75, 3.05) is 25.2 Å². The normalized spacial score (nSPS) is 21.4. The monoisotopic (exact) mass is 255 g/mol. The summed E-state index contributed by atoms with van der Waals surface area (Å²) in [4.78, 5) is 21.0. The van der Waals surface area contributed by atoms with Crippen LogP contribution in [0.1, 0.15) is 12.2 Å². The van der Waals surface area contributed by atoms with E-state index in [0.717, 1.165) is 30.4 Å². The molecule has 1 aliphatic rings. The smallest absolute Gasteiger partial charge is 0.307 e. The Labute approximate surface area is 105 Å². The topological polar surface area (TPSA) is 58.2 Å². The Kier molecular flexibility index (Phi) is 4.44. The molecular weight excluding hydrogens is 238 g/mol. The second kappa shape index (κ2) is 6.07. The van der Waals surface area contributed by atoms with Crippen LogP contribution in [-0.4, -0.2) is 52.0 Å². The predicted molar refractivity (Wildman–Crippen MR) is 66.7 cm³/mol. The maximum Gasteiger partial charge on any atom is 0.307 e. The Morgan fingerprint density at radius 3 is 3.35 bits per heavy atom. The Morgan fingerprint density at radius 1 is 1.76 bits per heavy atom. The average Bonchev–Trinajstić information content (AvgIpc) is 2.84. The largest absolute Gasteiger partial charge is 0.469 e. The molecule has 1 atom stereocenters. The molecular formula is C11H17N3O2S. The Balaban J connectivity index is 1.94. The van der Waals surface area contributed by atoms with Gasteiger partial charge in [-0.1, -0.05) is 0 Å². The summed E-state index contributed by atoms with van der Waals surface area (Å²) in [5, 5.41) is 0. The molecule has 2 rings (SSSR count). The van der Waals surface area contributed by atoms with Crippen molar-refractivity contribution < 1.29 is 9.53 Å². The Morgan fingerprint density at radius 2 is 2.65 bits per heavy atom. The summed E-state index contributed by atoms with van der Waals surface area (Å²) in [5.74, 6) is 2.91. The number of H-pyrrole nitrogens is 1. The van der Waals surface area contributed by atoms with Gasteiger partial charge in [-0.2, -0.15) is 11.8 Å². The van der Waals surface area contributed by atoms with Crippen molar-refractivity contribution in [2.24, 2.45) is 0 Å². The lowest BCUT2D eigenvalue weighted by Gasteiger charge is -2.34. The van der Waals surface area contributed by atoms with Gasteiger partial charge in [0.2, 0.25) is 0 Å². The molecule has 1 aromatic heterocycles. The summed E-state index contributed by atoms with van der Waals surface area (Å²) in [7, 11) is 1.44. The van der Waals surface area contributed by atoms with Crippen molar-refractivity contribution in [3.05, 3.63) is 18.2 Å². The average molecular weight is 255 g/mol. The number of imidazole rings is 1. The van der Waals surface area contributed by atoms with E-state index in [1.807, 2.05) is 18.0 Å². The molecule has 1 fully saturated rings. The summed E-state index contributed by atoms with van der Waals surface area (Å²) in [6, 6.07) is 0.256. The molecule has 2 heterocycles. The van der Waals surface area contributed by atoms with Crippen LogP contribution in [0.25, 0.3) is 0 Å². The third-order valence-electron chi connectivity index (χ3n) is 2.89. The fraction of sp³-hybridized carbons (Fsp3) is 0.636. The number of carbonyl (C=O) groups excluding carboxylic acids is 1. The molecule has 0 aliphatic carbocycles. The van der Waals surface area contributed by atoms with E-state index in [9.17, 15) is 4.79 Å². The van der Waals surface area contributed by atoms with Crippen LogP contribution >= 0.6 is 11.8 Å². The van der Waals surface area contributed by atoms with Crippen LogP contribution in [0, 0.1) is 0 Å². The number of hydrogen-bond donors (Lipinski definition) is 1. The summed E-state index contributed by atoms with van der Waals surface area (Å²) < 4.78 is 4.74. The minimum atomic E-state index is -0.137. The number of rotatable bonds is 4. The number of methoxy groups -OCH3 is 1. The minimum absolute atomic E-state index is 0.137. The first-order valence-electron chi connectivity index (χ1n) is 5.66. The summed E-state index contributed by atoms with van der Waals surface area (Å²) in [6.45, 7) is 1.77. The van der Waals surface area contributed by atoms with E-state index in [1.54, 1.807) is 6.20 Å². The van der Waals surface area contributed by atoms with E-state index >= 15 is 0 Å². The van der Waals surface area contributed by atoms with E-state index in [1.165, 1.54) is 7.11 Å². The number of nitrogens with zero attached hydrogens (tertiary/aromatic N) is 2. The van der Waals surface area contributed by atoms with Crippen molar-refractivity contribution >= 4 is 17.7 Å². The first kappa shape index (κ1) is 12.4. The molecule has 0 saturated carbocycles. The number of ether oxygens (including phenoxy) is 1. The van der Waals surface area contributed by atoms with Crippen molar-refractivity contribution in [1.82, 2.24) is 14.9 Å². The lowest BCUT2D eigenvalue weighted by molar-refractivity contribution is -0.141. The predicted octanol–water partition coefficient (Wildman–Crippen LogP) is 0.890. The second-order valence-corrected chi connectivity index (χ2v) is 5.17. The first-order valence-corrected chi connectivity index (χ1v) is 6.82. The van der Waals surface area contributed by atoms with Crippen LogP contribution in [0.3, 0.4) is 0 Å². The highest BCUT2D eigenvalue weighted by Gasteiger charge is 2.25. The number of thioether (sulfide) groups is 1. The standard InChI is InChI=1S/C11H17N3O2S/c1-16-11(15)6-9-8-17-5-4-14(9)7-10-12-2-3-13-10/h2-3,9H,4-8H2,1H3,(H,12,13)/t9-/m0/s1. The summed E-state index contributed by atoms with van der Waals surface area (Å²) in [6.07, 6.45) is 4.04. The molecule has 0 bridgehead atoms. The van der Waals surface area contributed by atoms with E-state index in [-0.39, 0.29) is 12.0 Å². The van der Waals surface area contributed by atoms with Gasteiger partial charge >= 0.3 is 5.97 Å². The van der Waals surface area contributed by atoms with Gasteiger partial charge in [-0.25, -0.2) is 4.98 Å². The summed E-state index contributed by atoms with van der Waals surface area (Å²) in [5.41, 5.74) is 0. The fourth-order valence-electron chi connectivity index (χ4n) is 1.94. The van der Waals surface area contributed by atoms with Crippen LogP contribution in [-0.2, 0) is 16.1 Å². The fourth-order valence-corrected chi connectivity index (χ4v) is 3.07. The van der Waals surface area contributed by atoms with Gasteiger partial charge in [-0.3, -0.25) is 9.69 Å². The molecule has 1 saturated heterocycles. The van der Waals surface area contributed by atoms with Crippen LogP contribution in [0.2, 0.25) is 0 Å². The number of nitrogens with one attached hydrogen (secondary N) is 1. The molecule has 94 valence electrons. The van der Waals surface area contributed by atoms with Gasteiger partial charge in [0.1, 0.15) is 5.82 Å². The number of carbonyl (C=O) groups is 1. The highest BCUT2D eigenvalue weighted by atomic mass is 32.2. The molecule has 17 heavy (non-hydrogen) atoms. The van der Waals surface area contributed by atoms with Crippen molar-refractivity contribution in [1.29, 1.82) is 0 Å². The quantitative estimate of drug-likeness (QED) is 0.810. The lowest BCUT2D eigenvalue weighted by Crippen LogP contribution is -2.43. The number of aromatic amines is 1. The van der Waals surface area contributed by atoms with Gasteiger partial charge in [-0.05, 0) is 0 Å². The van der Waals surface area contributed by atoms with E-state index < -0.39 is 0 Å². The molecule has 1 aliphatic heterocycles. The molecule has 1 N–H and O–H groups in total. The van der Waals surface area contributed by atoms with Crippen LogP contribution < -0.4 is 0 Å². The zero-order valence-corrected chi connectivity index (χ0v) is 10.7. The molecule has 6 heteroatoms. The third-order valence-corrected chi connectivity index (χ3v) is 3.98. The molecule has 0 radical (unpaired) electrons. The molecule has 0 amide bonds. The minimum Gasteiger partial charge on any atom is -0.469 e. The molecule has 0 unspecified atom stereocenters. The highest BCUT2D eigenvalue weighted by Crippen LogP contribution is 2.20.